The summed E-state index contributed by atoms with van der Waals surface area (Å²) in [5, 5.41) is 8.71. The lowest BCUT2D eigenvalue weighted by molar-refractivity contribution is -0.136. The molecule has 1 aromatic rings. The molecule has 0 saturated heterocycles. The van der Waals surface area contributed by atoms with Crippen LogP contribution >= 0.6 is 11.8 Å². The molecule has 0 aliphatic heterocycles. The van der Waals surface area contributed by atoms with Crippen LogP contribution in [0.25, 0.3) is 0 Å². The molecule has 4 heteroatoms. The number of nitrogens with two attached hydrogens (primary N) is 1. The van der Waals surface area contributed by atoms with Crippen LogP contribution in [-0.4, -0.2) is 17.3 Å². The van der Waals surface area contributed by atoms with Crippen LogP contribution in [0.15, 0.2) is 23.1 Å². The van der Waals surface area contributed by atoms with E-state index in [1.807, 2.05) is 24.5 Å². The van der Waals surface area contributed by atoms with Crippen molar-refractivity contribution in [1.82, 2.24) is 0 Å². The second-order valence-corrected chi connectivity index (χ2v) is 3.77. The number of carbonyl (C=O) groups is 1. The van der Waals surface area contributed by atoms with E-state index in [2.05, 4.69) is 0 Å². The molecule has 3 N–H and O–H groups in total. The van der Waals surface area contributed by atoms with Gasteiger partial charge >= 0.3 is 5.97 Å². The molecule has 0 spiro atoms. The van der Waals surface area contributed by atoms with E-state index in [-0.39, 0.29) is 6.42 Å². The van der Waals surface area contributed by atoms with E-state index >= 15 is 0 Å². The van der Waals surface area contributed by atoms with Crippen molar-refractivity contribution < 1.29 is 9.90 Å². The Morgan fingerprint density at radius 2 is 2.29 bits per heavy atom. The topological polar surface area (TPSA) is 63.3 Å². The van der Waals surface area contributed by atoms with Crippen LogP contribution in [0.4, 0.5) is 0 Å². The molecular formula is C10H13NO2S. The average molecular weight is 211 g/mol. The maximum atomic E-state index is 10.6. The Labute approximate surface area is 87.3 Å². The first-order valence-corrected chi connectivity index (χ1v) is 5.47. The summed E-state index contributed by atoms with van der Waals surface area (Å²) in [6, 6.07) is 5.71. The zero-order valence-corrected chi connectivity index (χ0v) is 8.80. The number of carboxylic acids is 1. The highest BCUT2D eigenvalue weighted by Gasteiger charge is 2.06. The minimum Gasteiger partial charge on any atom is -0.481 e. The smallest absolute Gasteiger partial charge is 0.307 e. The Bertz CT molecular complexity index is 339. The predicted octanol–water partition coefficient (Wildman–Crippen LogP) is 1.49. The van der Waals surface area contributed by atoms with Crippen molar-refractivity contribution in [2.24, 2.45) is 5.73 Å². The maximum absolute atomic E-state index is 10.6. The summed E-state index contributed by atoms with van der Waals surface area (Å²) in [7, 11) is 0. The number of hydrogen-bond acceptors (Lipinski definition) is 3. The van der Waals surface area contributed by atoms with Gasteiger partial charge in [-0.3, -0.25) is 4.79 Å². The first-order valence-electron chi connectivity index (χ1n) is 4.25. The molecule has 1 aromatic carbocycles. The third kappa shape index (κ3) is 2.75. The van der Waals surface area contributed by atoms with Crippen LogP contribution in [0.2, 0.25) is 0 Å². The van der Waals surface area contributed by atoms with Gasteiger partial charge in [0.05, 0.1) is 6.42 Å². The standard InChI is InChI=1S/C10H13NO2S/c1-14-9-3-2-7(6-11)4-8(9)5-10(12)13/h2-4H,5-6,11H2,1H3,(H,12,13). The number of carboxylic acid groups (broad SMARTS) is 1. The number of hydrogen-bond donors (Lipinski definition) is 2. The van der Waals surface area contributed by atoms with Gasteiger partial charge in [0, 0.05) is 11.4 Å². The molecule has 76 valence electrons. The number of benzene rings is 1. The van der Waals surface area contributed by atoms with Crippen molar-refractivity contribution in [3.63, 3.8) is 0 Å². The van der Waals surface area contributed by atoms with E-state index < -0.39 is 5.97 Å². The van der Waals surface area contributed by atoms with Gasteiger partial charge in [0.15, 0.2) is 0 Å². The Balaban J connectivity index is 3.01. The number of rotatable bonds is 4. The van der Waals surface area contributed by atoms with E-state index in [1.165, 1.54) is 0 Å². The molecule has 0 radical (unpaired) electrons. The quantitative estimate of drug-likeness (QED) is 0.741. The lowest BCUT2D eigenvalue weighted by Crippen LogP contribution is -2.04. The predicted molar refractivity (Wildman–Crippen MR) is 57.5 cm³/mol. The third-order valence-electron chi connectivity index (χ3n) is 1.92. The van der Waals surface area contributed by atoms with Crippen LogP contribution in [0.5, 0.6) is 0 Å². The van der Waals surface area contributed by atoms with Gasteiger partial charge in [-0.1, -0.05) is 12.1 Å². The zero-order valence-electron chi connectivity index (χ0n) is 7.99. The Morgan fingerprint density at radius 3 is 2.79 bits per heavy atom. The van der Waals surface area contributed by atoms with Crippen LogP contribution < -0.4 is 5.73 Å². The molecule has 0 saturated carbocycles. The van der Waals surface area contributed by atoms with Gasteiger partial charge in [0.25, 0.3) is 0 Å². The summed E-state index contributed by atoms with van der Waals surface area (Å²) in [5.41, 5.74) is 7.30. The molecule has 0 aliphatic rings. The third-order valence-corrected chi connectivity index (χ3v) is 2.76. The molecule has 0 aromatic heterocycles. The van der Waals surface area contributed by atoms with Gasteiger partial charge in [-0.15, -0.1) is 11.8 Å². The summed E-state index contributed by atoms with van der Waals surface area (Å²) in [6.07, 6.45) is 1.99. The van der Waals surface area contributed by atoms with E-state index in [0.29, 0.717) is 6.54 Å². The number of thioether (sulfide) groups is 1. The van der Waals surface area contributed by atoms with Crippen molar-refractivity contribution in [1.29, 1.82) is 0 Å². The van der Waals surface area contributed by atoms with Crippen molar-refractivity contribution >= 4 is 17.7 Å². The fraction of sp³-hybridized carbons (Fsp3) is 0.300. The molecule has 0 aliphatic carbocycles. The molecule has 14 heavy (non-hydrogen) atoms. The molecule has 0 fully saturated rings. The number of aliphatic carboxylic acids is 1. The molecule has 0 atom stereocenters. The van der Waals surface area contributed by atoms with Gasteiger partial charge < -0.3 is 10.8 Å². The summed E-state index contributed by atoms with van der Waals surface area (Å²) < 4.78 is 0. The summed E-state index contributed by atoms with van der Waals surface area (Å²) in [6.45, 7) is 0.446. The van der Waals surface area contributed by atoms with Crippen molar-refractivity contribution in [2.75, 3.05) is 6.26 Å². The van der Waals surface area contributed by atoms with Gasteiger partial charge in [0.1, 0.15) is 0 Å². The summed E-state index contributed by atoms with van der Waals surface area (Å²) >= 11 is 1.55. The van der Waals surface area contributed by atoms with Crippen LogP contribution in [-0.2, 0) is 17.8 Å². The molecule has 0 amide bonds. The highest BCUT2D eigenvalue weighted by molar-refractivity contribution is 7.98. The Morgan fingerprint density at radius 1 is 1.57 bits per heavy atom. The Kier molecular flexibility index (Phi) is 3.98. The summed E-state index contributed by atoms with van der Waals surface area (Å²) in [4.78, 5) is 11.6. The lowest BCUT2D eigenvalue weighted by atomic mass is 10.1. The second kappa shape index (κ2) is 5.02. The fourth-order valence-electron chi connectivity index (χ4n) is 1.26. The molecule has 0 unspecified atom stereocenters. The first-order chi connectivity index (χ1) is 6.67. The molecule has 3 nitrogen and oxygen atoms in total. The first kappa shape index (κ1) is 11.1. The second-order valence-electron chi connectivity index (χ2n) is 2.92. The monoisotopic (exact) mass is 211 g/mol. The largest absolute Gasteiger partial charge is 0.481 e. The van der Waals surface area contributed by atoms with Gasteiger partial charge in [0.2, 0.25) is 0 Å². The normalized spacial score (nSPS) is 10.1. The van der Waals surface area contributed by atoms with Gasteiger partial charge in [-0.25, -0.2) is 0 Å². The maximum Gasteiger partial charge on any atom is 0.307 e. The molecule has 0 bridgehead atoms. The molecular weight excluding hydrogens is 198 g/mol. The average Bonchev–Trinajstić information content (AvgIpc) is 2.16. The van der Waals surface area contributed by atoms with Crippen LogP contribution in [0.3, 0.4) is 0 Å². The van der Waals surface area contributed by atoms with Gasteiger partial charge in [-0.2, -0.15) is 0 Å². The van der Waals surface area contributed by atoms with E-state index in [1.54, 1.807) is 11.8 Å². The highest BCUT2D eigenvalue weighted by atomic mass is 32.2. The van der Waals surface area contributed by atoms with E-state index in [4.69, 9.17) is 10.8 Å². The van der Waals surface area contributed by atoms with E-state index in [9.17, 15) is 4.79 Å². The molecule has 1 rings (SSSR count). The van der Waals surface area contributed by atoms with Crippen molar-refractivity contribution in [2.45, 2.75) is 17.9 Å². The van der Waals surface area contributed by atoms with Crippen molar-refractivity contribution in [3.05, 3.63) is 29.3 Å². The Hall–Kier alpha value is -1.00. The van der Waals surface area contributed by atoms with E-state index in [0.717, 1.165) is 16.0 Å². The van der Waals surface area contributed by atoms with Crippen LogP contribution in [0.1, 0.15) is 11.1 Å². The highest BCUT2D eigenvalue weighted by Crippen LogP contribution is 2.22. The minimum absolute atomic E-state index is 0.0595. The SMILES string of the molecule is CSc1ccc(CN)cc1CC(=O)O. The molecule has 0 heterocycles. The van der Waals surface area contributed by atoms with Crippen LogP contribution in [0, 0.1) is 0 Å². The lowest BCUT2D eigenvalue weighted by Gasteiger charge is -2.06. The zero-order chi connectivity index (χ0) is 10.6. The summed E-state index contributed by atoms with van der Waals surface area (Å²) in [5.74, 6) is -0.811. The van der Waals surface area contributed by atoms with Crippen molar-refractivity contribution in [3.8, 4) is 0 Å². The minimum atomic E-state index is -0.811. The fourth-order valence-corrected chi connectivity index (χ4v) is 1.86. The van der Waals surface area contributed by atoms with Gasteiger partial charge in [-0.05, 0) is 23.4 Å².